The summed E-state index contributed by atoms with van der Waals surface area (Å²) >= 11 is 0. The molecule has 0 heterocycles. The summed E-state index contributed by atoms with van der Waals surface area (Å²) in [6, 6.07) is 31.7. The highest BCUT2D eigenvalue weighted by Gasteiger charge is 2.06. The van der Waals surface area contributed by atoms with Crippen LogP contribution in [-0.4, -0.2) is 0 Å². The van der Waals surface area contributed by atoms with Gasteiger partial charge in [-0.2, -0.15) is 0 Å². The topological polar surface area (TPSA) is 0 Å². The Morgan fingerprint density at radius 2 is 1.34 bits per heavy atom. The zero-order valence-corrected chi connectivity index (χ0v) is 19.3. The van der Waals surface area contributed by atoms with Gasteiger partial charge in [-0.1, -0.05) is 111 Å². The second-order valence-corrected chi connectivity index (χ2v) is 8.77. The van der Waals surface area contributed by atoms with Crippen molar-refractivity contribution in [1.29, 1.82) is 0 Å². The molecular weight excluding hydrogens is 384 g/mol. The van der Waals surface area contributed by atoms with Gasteiger partial charge in [0.05, 0.1) is 0 Å². The van der Waals surface area contributed by atoms with E-state index in [1.807, 2.05) is 6.08 Å². The lowest BCUT2D eigenvalue weighted by atomic mass is 9.94. The molecule has 32 heavy (non-hydrogen) atoms. The number of hydrogen-bond donors (Lipinski definition) is 0. The van der Waals surface area contributed by atoms with Crippen LogP contribution in [0.25, 0.3) is 33.0 Å². The van der Waals surface area contributed by atoms with Gasteiger partial charge in [-0.3, -0.25) is 0 Å². The Bertz CT molecular complexity index is 1150. The number of unbranched alkanes of at least 4 members (excludes halogenated alkanes) is 3. The third-order valence-corrected chi connectivity index (χ3v) is 6.39. The summed E-state index contributed by atoms with van der Waals surface area (Å²) < 4.78 is 0. The number of hydrogen-bond acceptors (Lipinski definition) is 0. The molecule has 0 nitrogen and oxygen atoms in total. The van der Waals surface area contributed by atoms with Gasteiger partial charge in [-0.05, 0) is 75.9 Å². The van der Waals surface area contributed by atoms with Gasteiger partial charge in [-0.15, -0.1) is 6.58 Å². The van der Waals surface area contributed by atoms with Gasteiger partial charge in [0.25, 0.3) is 0 Å². The standard InChI is InChI=1S/C32H34/c1-3-5-7-8-11-26-14-18-27(19-15-26)29-22-23-32-30(24-29)12-9-13-31(32)28-20-16-25(17-21-28)10-6-4-2/h4,9,12-24H,2-3,5-8,10-11H2,1H3. The van der Waals surface area contributed by atoms with Crippen LogP contribution in [0.15, 0.2) is 97.6 Å². The van der Waals surface area contributed by atoms with Crippen LogP contribution >= 0.6 is 0 Å². The minimum atomic E-state index is 1.02. The van der Waals surface area contributed by atoms with Crippen LogP contribution in [0.3, 0.4) is 0 Å². The van der Waals surface area contributed by atoms with E-state index in [4.69, 9.17) is 0 Å². The molecule has 0 aromatic heterocycles. The average Bonchev–Trinajstić information content (AvgIpc) is 2.85. The fraction of sp³-hybridized carbons (Fsp3) is 0.250. The molecule has 4 rings (SSSR count). The van der Waals surface area contributed by atoms with Crippen molar-refractivity contribution in [2.75, 3.05) is 0 Å². The first-order valence-corrected chi connectivity index (χ1v) is 12.1. The number of fused-ring (bicyclic) bond motifs is 1. The first kappa shape index (κ1) is 22.1. The summed E-state index contributed by atoms with van der Waals surface area (Å²) in [5, 5.41) is 2.60. The lowest BCUT2D eigenvalue weighted by Crippen LogP contribution is -1.87. The molecule has 0 aliphatic heterocycles. The van der Waals surface area contributed by atoms with E-state index in [0.29, 0.717) is 0 Å². The molecule has 0 aliphatic carbocycles. The predicted octanol–water partition coefficient (Wildman–Crippen LogP) is 9.42. The number of allylic oxidation sites excluding steroid dienone is 1. The molecule has 0 amide bonds. The molecule has 4 aromatic rings. The molecule has 0 heteroatoms. The van der Waals surface area contributed by atoms with Gasteiger partial charge >= 0.3 is 0 Å². The van der Waals surface area contributed by atoms with Crippen LogP contribution in [0.1, 0.15) is 50.2 Å². The Kier molecular flexibility index (Phi) is 7.56. The lowest BCUT2D eigenvalue weighted by molar-refractivity contribution is 0.667. The monoisotopic (exact) mass is 418 g/mol. The Balaban J connectivity index is 1.54. The van der Waals surface area contributed by atoms with Crippen LogP contribution in [0.2, 0.25) is 0 Å². The maximum absolute atomic E-state index is 3.83. The third-order valence-electron chi connectivity index (χ3n) is 6.39. The maximum atomic E-state index is 3.83. The summed E-state index contributed by atoms with van der Waals surface area (Å²) in [6.45, 7) is 6.09. The molecule has 4 aromatic carbocycles. The van der Waals surface area contributed by atoms with Crippen molar-refractivity contribution in [3.63, 3.8) is 0 Å². The summed E-state index contributed by atoms with van der Waals surface area (Å²) in [4.78, 5) is 0. The quantitative estimate of drug-likeness (QED) is 0.178. The van der Waals surface area contributed by atoms with Gasteiger partial charge in [-0.25, -0.2) is 0 Å². The molecule has 162 valence electrons. The van der Waals surface area contributed by atoms with Gasteiger partial charge in [0.15, 0.2) is 0 Å². The minimum Gasteiger partial charge on any atom is -0.103 e. The third kappa shape index (κ3) is 5.37. The molecule has 0 aliphatic rings. The zero-order chi connectivity index (χ0) is 22.2. The summed E-state index contributed by atoms with van der Waals surface area (Å²) in [6.07, 6.45) is 10.5. The highest BCUT2D eigenvalue weighted by molar-refractivity contribution is 5.98. The van der Waals surface area contributed by atoms with Crippen molar-refractivity contribution in [2.45, 2.75) is 51.9 Å². The van der Waals surface area contributed by atoms with E-state index in [9.17, 15) is 0 Å². The van der Waals surface area contributed by atoms with E-state index in [1.54, 1.807) is 0 Å². The first-order chi connectivity index (χ1) is 15.8. The van der Waals surface area contributed by atoms with Crippen molar-refractivity contribution >= 4 is 10.8 Å². The molecule has 0 bridgehead atoms. The zero-order valence-electron chi connectivity index (χ0n) is 19.3. The van der Waals surface area contributed by atoms with Crippen molar-refractivity contribution in [3.8, 4) is 22.3 Å². The lowest BCUT2D eigenvalue weighted by Gasteiger charge is -2.10. The molecule has 0 spiro atoms. The van der Waals surface area contributed by atoms with Crippen LogP contribution in [0.5, 0.6) is 0 Å². The van der Waals surface area contributed by atoms with Gasteiger partial charge in [0.1, 0.15) is 0 Å². The van der Waals surface area contributed by atoms with Gasteiger partial charge in [0, 0.05) is 0 Å². The van der Waals surface area contributed by atoms with E-state index in [2.05, 4.69) is 98.4 Å². The summed E-state index contributed by atoms with van der Waals surface area (Å²) in [7, 11) is 0. The fourth-order valence-corrected chi connectivity index (χ4v) is 4.45. The molecule has 0 atom stereocenters. The van der Waals surface area contributed by atoms with E-state index in [1.165, 1.54) is 76.3 Å². The molecule has 0 saturated heterocycles. The SMILES string of the molecule is C=CCCc1ccc(-c2cccc3cc(-c4ccc(CCCCCC)cc4)ccc23)cc1. The van der Waals surface area contributed by atoms with Crippen LogP contribution in [0, 0.1) is 0 Å². The minimum absolute atomic E-state index is 1.02. The molecule has 0 N–H and O–H groups in total. The van der Waals surface area contributed by atoms with Crippen molar-refractivity contribution in [1.82, 2.24) is 0 Å². The highest BCUT2D eigenvalue weighted by atomic mass is 14.1. The molecular formula is C32H34. The van der Waals surface area contributed by atoms with Gasteiger partial charge in [0.2, 0.25) is 0 Å². The second-order valence-electron chi connectivity index (χ2n) is 8.77. The second kappa shape index (κ2) is 11.0. The summed E-state index contributed by atoms with van der Waals surface area (Å²) in [5.74, 6) is 0. The normalized spacial score (nSPS) is 11.0. The van der Waals surface area contributed by atoms with E-state index in [-0.39, 0.29) is 0 Å². The summed E-state index contributed by atoms with van der Waals surface area (Å²) in [5.41, 5.74) is 7.97. The molecule has 0 saturated carbocycles. The van der Waals surface area contributed by atoms with Crippen molar-refractivity contribution < 1.29 is 0 Å². The maximum Gasteiger partial charge on any atom is -0.0105 e. The predicted molar refractivity (Wildman–Crippen MR) is 141 cm³/mol. The first-order valence-electron chi connectivity index (χ1n) is 12.1. The average molecular weight is 419 g/mol. The van der Waals surface area contributed by atoms with E-state index >= 15 is 0 Å². The Morgan fingerprint density at radius 3 is 2.06 bits per heavy atom. The van der Waals surface area contributed by atoms with Gasteiger partial charge < -0.3 is 0 Å². The van der Waals surface area contributed by atoms with Crippen LogP contribution < -0.4 is 0 Å². The highest BCUT2D eigenvalue weighted by Crippen LogP contribution is 2.32. The Morgan fingerprint density at radius 1 is 0.656 bits per heavy atom. The smallest absolute Gasteiger partial charge is 0.0105 e. The van der Waals surface area contributed by atoms with Crippen molar-refractivity contribution in [2.24, 2.45) is 0 Å². The molecule has 0 unspecified atom stereocenters. The number of benzene rings is 4. The Labute approximate surface area is 193 Å². The molecule has 0 radical (unpaired) electrons. The van der Waals surface area contributed by atoms with Crippen LogP contribution in [0.4, 0.5) is 0 Å². The molecule has 0 fully saturated rings. The van der Waals surface area contributed by atoms with Crippen molar-refractivity contribution in [3.05, 3.63) is 109 Å². The number of rotatable bonds is 10. The van der Waals surface area contributed by atoms with E-state index < -0.39 is 0 Å². The largest absolute Gasteiger partial charge is 0.103 e. The Hall–Kier alpha value is -3.12. The number of aryl methyl sites for hydroxylation is 2. The van der Waals surface area contributed by atoms with Crippen LogP contribution in [-0.2, 0) is 12.8 Å². The fourth-order valence-electron chi connectivity index (χ4n) is 4.45. The van der Waals surface area contributed by atoms with E-state index in [0.717, 1.165) is 12.8 Å².